The van der Waals surface area contributed by atoms with Crippen molar-refractivity contribution in [3.8, 4) is 0 Å². The number of amides is 1. The molecule has 0 fully saturated rings. The van der Waals surface area contributed by atoms with Crippen molar-refractivity contribution < 1.29 is 9.72 Å². The first-order valence-corrected chi connectivity index (χ1v) is 6.26. The summed E-state index contributed by atoms with van der Waals surface area (Å²) in [4.78, 5) is 22.1. The Morgan fingerprint density at radius 3 is 3.05 bits per heavy atom. The molecular formula is C11H7N5O3S. The number of H-pyrrole nitrogens is 1. The summed E-state index contributed by atoms with van der Waals surface area (Å²) in [5.41, 5.74) is -0.00841. The monoisotopic (exact) mass is 289 g/mol. The highest BCUT2D eigenvalue weighted by Crippen LogP contribution is 2.23. The van der Waals surface area contributed by atoms with Gasteiger partial charge in [-0.1, -0.05) is 0 Å². The number of nitrogens with zero attached hydrogens (tertiary/aromatic N) is 3. The van der Waals surface area contributed by atoms with Crippen molar-refractivity contribution in [2.75, 3.05) is 5.32 Å². The fourth-order valence-corrected chi connectivity index (χ4v) is 2.35. The molecule has 1 aromatic carbocycles. The summed E-state index contributed by atoms with van der Waals surface area (Å²) >= 11 is 1.35. The number of anilines is 1. The van der Waals surface area contributed by atoms with Crippen LogP contribution in [0.4, 0.5) is 11.4 Å². The Morgan fingerprint density at radius 2 is 2.25 bits per heavy atom. The van der Waals surface area contributed by atoms with E-state index in [0.717, 1.165) is 16.3 Å². The van der Waals surface area contributed by atoms with Gasteiger partial charge in [0.2, 0.25) is 5.69 Å². The number of hydrogen-bond acceptors (Lipinski definition) is 6. The van der Waals surface area contributed by atoms with E-state index in [0.29, 0.717) is 5.69 Å². The van der Waals surface area contributed by atoms with E-state index in [9.17, 15) is 14.9 Å². The number of rotatable bonds is 3. The van der Waals surface area contributed by atoms with Crippen LogP contribution in [0.2, 0.25) is 0 Å². The standard InChI is InChI=1S/C11H7N5O3S/c17-11(10-8(16(18)19)5-12-15-10)14-7-1-2-9-6(3-7)4-13-20-9/h1-5H,(H,12,15)(H,14,17). The van der Waals surface area contributed by atoms with Crippen LogP contribution in [-0.2, 0) is 0 Å². The Morgan fingerprint density at radius 1 is 1.40 bits per heavy atom. The molecule has 0 atom stereocenters. The summed E-state index contributed by atoms with van der Waals surface area (Å²) in [6.45, 7) is 0. The molecule has 0 aliphatic heterocycles. The lowest BCUT2D eigenvalue weighted by Gasteiger charge is -2.03. The fourth-order valence-electron chi connectivity index (χ4n) is 1.73. The maximum absolute atomic E-state index is 12.0. The third kappa shape index (κ3) is 2.10. The molecular weight excluding hydrogens is 282 g/mol. The summed E-state index contributed by atoms with van der Waals surface area (Å²) < 4.78 is 5.03. The van der Waals surface area contributed by atoms with Crippen molar-refractivity contribution in [1.29, 1.82) is 0 Å². The van der Waals surface area contributed by atoms with Crippen LogP contribution in [0, 0.1) is 10.1 Å². The summed E-state index contributed by atoms with van der Waals surface area (Å²) in [5, 5.41) is 20.1. The third-order valence-electron chi connectivity index (χ3n) is 2.65. The maximum Gasteiger partial charge on any atom is 0.319 e. The van der Waals surface area contributed by atoms with Crippen LogP contribution in [0.25, 0.3) is 10.1 Å². The zero-order valence-corrected chi connectivity index (χ0v) is 10.7. The van der Waals surface area contributed by atoms with Gasteiger partial charge in [-0.3, -0.25) is 20.0 Å². The molecule has 0 saturated heterocycles. The first-order chi connectivity index (χ1) is 9.65. The van der Waals surface area contributed by atoms with Gasteiger partial charge in [0.25, 0.3) is 5.91 Å². The fraction of sp³-hybridized carbons (Fsp3) is 0. The van der Waals surface area contributed by atoms with E-state index in [2.05, 4.69) is 19.9 Å². The van der Waals surface area contributed by atoms with Crippen molar-refractivity contribution in [2.45, 2.75) is 0 Å². The van der Waals surface area contributed by atoms with E-state index < -0.39 is 10.8 Å². The second-order valence-electron chi connectivity index (χ2n) is 3.92. The molecule has 0 aliphatic rings. The van der Waals surface area contributed by atoms with Crippen LogP contribution in [0.1, 0.15) is 10.5 Å². The van der Waals surface area contributed by atoms with Gasteiger partial charge >= 0.3 is 5.69 Å². The highest BCUT2D eigenvalue weighted by Gasteiger charge is 2.22. The number of nitro groups is 1. The molecule has 2 aromatic heterocycles. The molecule has 9 heteroatoms. The molecule has 100 valence electrons. The lowest BCUT2D eigenvalue weighted by Crippen LogP contribution is -2.14. The second-order valence-corrected chi connectivity index (χ2v) is 4.75. The van der Waals surface area contributed by atoms with Gasteiger partial charge in [0.15, 0.2) is 0 Å². The zero-order valence-electron chi connectivity index (χ0n) is 9.86. The molecule has 0 unspecified atom stereocenters. The van der Waals surface area contributed by atoms with Crippen molar-refractivity contribution in [3.63, 3.8) is 0 Å². The van der Waals surface area contributed by atoms with Crippen LogP contribution >= 0.6 is 11.5 Å². The molecule has 2 N–H and O–H groups in total. The van der Waals surface area contributed by atoms with Crippen molar-refractivity contribution in [2.24, 2.45) is 0 Å². The number of benzene rings is 1. The maximum atomic E-state index is 12.0. The van der Waals surface area contributed by atoms with E-state index in [-0.39, 0.29) is 11.4 Å². The summed E-state index contributed by atoms with van der Waals surface area (Å²) in [7, 11) is 0. The van der Waals surface area contributed by atoms with E-state index in [1.807, 2.05) is 6.07 Å². The molecule has 1 amide bonds. The molecule has 0 aliphatic carbocycles. The van der Waals surface area contributed by atoms with Crippen LogP contribution in [0.3, 0.4) is 0 Å². The SMILES string of the molecule is O=C(Nc1ccc2sncc2c1)c1[nH]ncc1[N+](=O)[O-]. The van der Waals surface area contributed by atoms with Crippen LogP contribution in [0.15, 0.2) is 30.6 Å². The molecule has 3 rings (SSSR count). The smallest absolute Gasteiger partial charge is 0.319 e. The number of fused-ring (bicyclic) bond motifs is 1. The van der Waals surface area contributed by atoms with E-state index in [1.165, 1.54) is 11.5 Å². The Hall–Kier alpha value is -2.81. The minimum Gasteiger partial charge on any atom is -0.320 e. The van der Waals surface area contributed by atoms with E-state index >= 15 is 0 Å². The topological polar surface area (TPSA) is 114 Å². The second kappa shape index (κ2) is 4.70. The predicted octanol–water partition coefficient (Wildman–Crippen LogP) is 2.18. The number of carbonyl (C=O) groups excluding carboxylic acids is 1. The number of carbonyl (C=O) groups is 1. The zero-order chi connectivity index (χ0) is 14.1. The van der Waals surface area contributed by atoms with Crippen LogP contribution < -0.4 is 5.32 Å². The first kappa shape index (κ1) is 12.2. The quantitative estimate of drug-likeness (QED) is 0.566. The number of aromatic nitrogens is 3. The Labute approximate surface area is 115 Å². The van der Waals surface area contributed by atoms with Gasteiger partial charge in [0, 0.05) is 17.3 Å². The lowest BCUT2D eigenvalue weighted by atomic mass is 10.2. The molecule has 0 saturated carbocycles. The van der Waals surface area contributed by atoms with E-state index in [4.69, 9.17) is 0 Å². The molecule has 20 heavy (non-hydrogen) atoms. The number of hydrogen-bond donors (Lipinski definition) is 2. The van der Waals surface area contributed by atoms with Gasteiger partial charge in [0.1, 0.15) is 6.20 Å². The average Bonchev–Trinajstić information content (AvgIpc) is 3.06. The molecule has 3 aromatic rings. The highest BCUT2D eigenvalue weighted by molar-refractivity contribution is 7.13. The molecule has 0 bridgehead atoms. The van der Waals surface area contributed by atoms with Gasteiger partial charge in [-0.05, 0) is 29.7 Å². The molecule has 0 spiro atoms. The van der Waals surface area contributed by atoms with Gasteiger partial charge < -0.3 is 5.32 Å². The van der Waals surface area contributed by atoms with Gasteiger partial charge in [-0.2, -0.15) is 9.47 Å². The van der Waals surface area contributed by atoms with Gasteiger partial charge in [-0.25, -0.2) is 0 Å². The van der Waals surface area contributed by atoms with Crippen LogP contribution in [0.5, 0.6) is 0 Å². The largest absolute Gasteiger partial charge is 0.320 e. The summed E-state index contributed by atoms with van der Waals surface area (Å²) in [6, 6.07) is 5.28. The molecule has 8 nitrogen and oxygen atoms in total. The minimum absolute atomic E-state index is 0.182. The lowest BCUT2D eigenvalue weighted by molar-refractivity contribution is -0.385. The Bertz CT molecular complexity index is 809. The number of aromatic amines is 1. The van der Waals surface area contributed by atoms with Gasteiger partial charge in [0.05, 0.1) is 9.62 Å². The van der Waals surface area contributed by atoms with Crippen molar-refractivity contribution in [1.82, 2.24) is 14.6 Å². The van der Waals surface area contributed by atoms with E-state index in [1.54, 1.807) is 18.3 Å². The minimum atomic E-state index is -0.662. The average molecular weight is 289 g/mol. The number of nitrogens with one attached hydrogen (secondary N) is 2. The third-order valence-corrected chi connectivity index (χ3v) is 3.43. The Balaban J connectivity index is 1.88. The highest BCUT2D eigenvalue weighted by atomic mass is 32.1. The predicted molar refractivity (Wildman–Crippen MR) is 72.8 cm³/mol. The first-order valence-electron chi connectivity index (χ1n) is 5.48. The van der Waals surface area contributed by atoms with Crippen molar-refractivity contribution >= 4 is 38.9 Å². The Kier molecular flexibility index (Phi) is 2.88. The summed E-state index contributed by atoms with van der Waals surface area (Å²) in [6.07, 6.45) is 2.69. The van der Waals surface area contributed by atoms with Crippen molar-refractivity contribution in [3.05, 3.63) is 46.4 Å². The molecule has 2 heterocycles. The molecule has 0 radical (unpaired) electrons. The normalized spacial score (nSPS) is 10.6. The summed E-state index contributed by atoms with van der Waals surface area (Å²) in [5.74, 6) is -0.614. The van der Waals surface area contributed by atoms with Gasteiger partial charge in [-0.15, -0.1) is 0 Å². The van der Waals surface area contributed by atoms with Crippen LogP contribution in [-0.4, -0.2) is 25.4 Å².